The molecule has 0 bridgehead atoms. The highest BCUT2D eigenvalue weighted by molar-refractivity contribution is 6.58. The van der Waals surface area contributed by atoms with E-state index in [0.29, 0.717) is 0 Å². The maximum atomic E-state index is 5.37. The van der Waals surface area contributed by atoms with E-state index in [1.165, 1.54) is 0 Å². The molecule has 1 fully saturated rings. The molecule has 3 nitrogen and oxygen atoms in total. The summed E-state index contributed by atoms with van der Waals surface area (Å²) in [5.74, 6) is 0. The minimum atomic E-state index is -1.54. The Morgan fingerprint density at radius 1 is 1.50 bits per heavy atom. The van der Waals surface area contributed by atoms with Crippen LogP contribution in [-0.4, -0.2) is 72.6 Å². The van der Waals surface area contributed by atoms with Crippen molar-refractivity contribution in [3.05, 3.63) is 0 Å². The summed E-state index contributed by atoms with van der Waals surface area (Å²) in [6.45, 7) is 4.82. The van der Waals surface area contributed by atoms with Crippen LogP contribution >= 0.6 is 0 Å². The molecular weight excluding hydrogens is 173 g/mol. The number of nitrogens with zero attached hydrogens (tertiary/aromatic N) is 1. The Morgan fingerprint density at radius 2 is 2.14 bits per heavy atom. The zero-order valence-corrected chi connectivity index (χ0v) is 8.86. The van der Waals surface area contributed by atoms with Gasteiger partial charge in [0.2, 0.25) is 0 Å². The second kappa shape index (κ2) is 4.73. The van der Waals surface area contributed by atoms with Crippen LogP contribution in [0, 0.1) is 0 Å². The van der Waals surface area contributed by atoms with Crippen molar-refractivity contribution >= 4 is 23.5 Å². The number of rotatable bonds is 3. The smallest absolute Gasteiger partial charge is 0.0862 e. The van der Waals surface area contributed by atoms with Crippen molar-refractivity contribution in [1.82, 2.24) is 10.2 Å². The van der Waals surface area contributed by atoms with Crippen LogP contribution in [0.25, 0.3) is 0 Å². The molecular formula is C8H15B3N2O. The van der Waals surface area contributed by atoms with E-state index in [9.17, 15) is 0 Å². The standard InChI is InChI=1S/C8H15B3N2O/c1-6(14-8(9,10)11)7-5-13(2)4-3-12-7/h6-7,12H,3-5H2,1-2H3. The highest BCUT2D eigenvalue weighted by Gasteiger charge is 2.25. The van der Waals surface area contributed by atoms with Crippen LogP contribution in [0.5, 0.6) is 0 Å². The van der Waals surface area contributed by atoms with Gasteiger partial charge in [-0.1, -0.05) is 0 Å². The fourth-order valence-corrected chi connectivity index (χ4v) is 1.65. The Kier molecular flexibility index (Phi) is 4.10. The molecule has 0 aliphatic carbocycles. The first kappa shape index (κ1) is 12.1. The van der Waals surface area contributed by atoms with Gasteiger partial charge >= 0.3 is 0 Å². The van der Waals surface area contributed by atoms with Gasteiger partial charge in [-0.05, 0) is 19.3 Å². The van der Waals surface area contributed by atoms with Gasteiger partial charge in [0.1, 0.15) is 0 Å². The monoisotopic (exact) mass is 188 g/mol. The summed E-state index contributed by atoms with van der Waals surface area (Å²) < 4.78 is 5.27. The summed E-state index contributed by atoms with van der Waals surface area (Å²) in [4.78, 5) is 2.23. The van der Waals surface area contributed by atoms with Gasteiger partial charge in [-0.15, -0.1) is 0 Å². The molecule has 1 rings (SSSR count). The molecule has 6 radical (unpaired) electrons. The predicted molar refractivity (Wildman–Crippen MR) is 59.8 cm³/mol. The Bertz CT molecular complexity index is 186. The summed E-state index contributed by atoms with van der Waals surface area (Å²) in [7, 11) is 18.2. The summed E-state index contributed by atoms with van der Waals surface area (Å²) in [6.07, 6.45) is -0.0993. The molecule has 2 unspecified atom stereocenters. The Morgan fingerprint density at radius 3 is 2.64 bits per heavy atom. The Labute approximate surface area is 90.2 Å². The van der Waals surface area contributed by atoms with Crippen molar-refractivity contribution in [3.8, 4) is 0 Å². The van der Waals surface area contributed by atoms with Gasteiger partial charge in [-0.25, -0.2) is 0 Å². The fourth-order valence-electron chi connectivity index (χ4n) is 1.65. The maximum absolute atomic E-state index is 5.37. The van der Waals surface area contributed by atoms with Gasteiger partial charge in [0.15, 0.2) is 0 Å². The lowest BCUT2D eigenvalue weighted by Crippen LogP contribution is -2.56. The van der Waals surface area contributed by atoms with E-state index >= 15 is 0 Å². The van der Waals surface area contributed by atoms with Crippen LogP contribution in [0.2, 0.25) is 0 Å². The average Bonchev–Trinajstić information content (AvgIpc) is 2.01. The van der Waals surface area contributed by atoms with E-state index in [1.54, 1.807) is 0 Å². The molecule has 1 aliphatic rings. The summed E-state index contributed by atoms with van der Waals surface area (Å²) in [6, 6.07) is 0.226. The van der Waals surface area contributed by atoms with Crippen molar-refractivity contribution in [2.45, 2.75) is 24.4 Å². The summed E-state index contributed by atoms with van der Waals surface area (Å²) in [5, 5.41) is 1.79. The first-order valence-corrected chi connectivity index (χ1v) is 4.85. The lowest BCUT2D eigenvalue weighted by Gasteiger charge is -2.37. The Hall–Kier alpha value is 0.0748. The summed E-state index contributed by atoms with van der Waals surface area (Å²) >= 11 is 0. The van der Waals surface area contributed by atoms with E-state index < -0.39 is 5.30 Å². The van der Waals surface area contributed by atoms with Crippen LogP contribution < -0.4 is 5.32 Å². The van der Waals surface area contributed by atoms with Crippen molar-refractivity contribution in [2.75, 3.05) is 26.7 Å². The molecule has 0 aromatic heterocycles. The molecule has 1 saturated heterocycles. The van der Waals surface area contributed by atoms with Crippen molar-refractivity contribution in [2.24, 2.45) is 0 Å². The molecule has 0 amide bonds. The Balaban J connectivity index is 2.39. The number of likely N-dealkylation sites (N-methyl/N-ethyl adjacent to an activating group) is 1. The van der Waals surface area contributed by atoms with Crippen LogP contribution in [-0.2, 0) is 4.74 Å². The van der Waals surface area contributed by atoms with Crippen molar-refractivity contribution in [3.63, 3.8) is 0 Å². The molecule has 0 spiro atoms. The minimum Gasteiger partial charge on any atom is -0.398 e. The van der Waals surface area contributed by atoms with E-state index in [-0.39, 0.29) is 12.1 Å². The van der Waals surface area contributed by atoms with Crippen LogP contribution in [0.15, 0.2) is 0 Å². The highest BCUT2D eigenvalue weighted by Crippen LogP contribution is 2.08. The number of hydrogen-bond donors (Lipinski definition) is 1. The van der Waals surface area contributed by atoms with Crippen molar-refractivity contribution in [1.29, 1.82) is 0 Å². The zero-order chi connectivity index (χ0) is 10.8. The first-order valence-electron chi connectivity index (χ1n) is 4.85. The van der Waals surface area contributed by atoms with E-state index in [0.717, 1.165) is 19.6 Å². The normalized spacial score (nSPS) is 27.4. The number of nitrogens with one attached hydrogen (secondary N) is 1. The lowest BCUT2D eigenvalue weighted by atomic mass is 9.52. The molecule has 0 aromatic rings. The molecule has 1 heterocycles. The minimum absolute atomic E-state index is 0.0993. The van der Waals surface area contributed by atoms with Crippen molar-refractivity contribution < 1.29 is 4.74 Å². The number of hydrogen-bond acceptors (Lipinski definition) is 3. The largest absolute Gasteiger partial charge is 0.398 e. The molecule has 1 aliphatic heterocycles. The van der Waals surface area contributed by atoms with Crippen LogP contribution in [0.1, 0.15) is 6.92 Å². The molecule has 14 heavy (non-hydrogen) atoms. The topological polar surface area (TPSA) is 24.5 Å². The predicted octanol–water partition coefficient (Wildman–Crippen LogP) is -1.59. The molecule has 6 heteroatoms. The fraction of sp³-hybridized carbons (Fsp3) is 1.00. The molecule has 0 saturated carbocycles. The lowest BCUT2D eigenvalue weighted by molar-refractivity contribution is 0.0163. The quantitative estimate of drug-likeness (QED) is 0.540. The SMILES string of the molecule is [B]C([B])([B])OC(C)C1CN(C)CCN1. The van der Waals surface area contributed by atoms with Gasteiger partial charge in [0.25, 0.3) is 0 Å². The van der Waals surface area contributed by atoms with Crippen LogP contribution in [0.4, 0.5) is 0 Å². The maximum Gasteiger partial charge on any atom is 0.0862 e. The van der Waals surface area contributed by atoms with E-state index in [4.69, 9.17) is 28.3 Å². The van der Waals surface area contributed by atoms with E-state index in [2.05, 4.69) is 17.3 Å². The molecule has 0 aromatic carbocycles. The van der Waals surface area contributed by atoms with Gasteiger partial charge in [-0.3, -0.25) is 0 Å². The molecule has 2 atom stereocenters. The first-order chi connectivity index (χ1) is 6.38. The number of ether oxygens (including phenoxy) is 1. The zero-order valence-electron chi connectivity index (χ0n) is 8.86. The van der Waals surface area contributed by atoms with Gasteiger partial charge < -0.3 is 15.0 Å². The summed E-state index contributed by atoms with van der Waals surface area (Å²) in [5.41, 5.74) is 0. The van der Waals surface area contributed by atoms with Gasteiger partial charge in [0.05, 0.1) is 29.6 Å². The van der Waals surface area contributed by atoms with Gasteiger partial charge in [0, 0.05) is 25.7 Å². The van der Waals surface area contributed by atoms with Crippen LogP contribution in [0.3, 0.4) is 0 Å². The van der Waals surface area contributed by atoms with Gasteiger partial charge in [-0.2, -0.15) is 0 Å². The second-order valence-corrected chi connectivity index (χ2v) is 4.00. The average molecular weight is 188 g/mol. The van der Waals surface area contributed by atoms with E-state index in [1.807, 2.05) is 6.92 Å². The third-order valence-electron chi connectivity index (χ3n) is 2.37. The number of piperazine rings is 1. The highest BCUT2D eigenvalue weighted by atomic mass is 16.5. The second-order valence-electron chi connectivity index (χ2n) is 4.00. The third kappa shape index (κ3) is 4.07. The molecule has 1 N–H and O–H groups in total. The molecule has 72 valence electrons. The third-order valence-corrected chi connectivity index (χ3v) is 2.37.